The van der Waals surface area contributed by atoms with E-state index in [1.165, 1.54) is 30.7 Å². The zero-order chi connectivity index (χ0) is 29.8. The Morgan fingerprint density at radius 2 is 1.95 bits per heavy atom. The van der Waals surface area contributed by atoms with E-state index in [1.807, 2.05) is 14.1 Å². The lowest BCUT2D eigenvalue weighted by atomic mass is 9.79. The molecule has 41 heavy (non-hydrogen) atoms. The Balaban J connectivity index is 1.56. The first-order chi connectivity index (χ1) is 19.4. The number of nitrogens with one attached hydrogen (secondary N) is 1. The number of hydrogen-bond donors (Lipinski definition) is 1. The van der Waals surface area contributed by atoms with Gasteiger partial charge in [-0.2, -0.15) is 13.2 Å². The molecule has 3 aromatic rings. The molecule has 0 saturated heterocycles. The van der Waals surface area contributed by atoms with Crippen molar-refractivity contribution in [3.8, 4) is 5.75 Å². The zero-order valence-electron chi connectivity index (χ0n) is 22.5. The van der Waals surface area contributed by atoms with Gasteiger partial charge in [0.1, 0.15) is 28.9 Å². The van der Waals surface area contributed by atoms with Crippen LogP contribution < -0.4 is 10.1 Å². The summed E-state index contributed by atoms with van der Waals surface area (Å²) in [4.78, 5) is 9.14. The molecular formula is C28H31ClF4N4O3S. The Hall–Kier alpha value is -2.80. The van der Waals surface area contributed by atoms with E-state index >= 15 is 4.39 Å². The number of sulfone groups is 1. The van der Waals surface area contributed by atoms with E-state index in [0.717, 1.165) is 18.2 Å². The fourth-order valence-corrected chi connectivity index (χ4v) is 6.77. The highest BCUT2D eigenvalue weighted by Crippen LogP contribution is 2.40. The van der Waals surface area contributed by atoms with Gasteiger partial charge in [-0.25, -0.2) is 22.8 Å². The number of alkyl halides is 3. The van der Waals surface area contributed by atoms with Crippen molar-refractivity contribution in [2.24, 2.45) is 0 Å². The maximum Gasteiger partial charge on any atom is 0.416 e. The number of benzene rings is 2. The lowest BCUT2D eigenvalue weighted by Crippen LogP contribution is -2.49. The lowest BCUT2D eigenvalue weighted by Gasteiger charge is -2.41. The van der Waals surface area contributed by atoms with E-state index in [1.54, 1.807) is 6.07 Å². The van der Waals surface area contributed by atoms with Crippen molar-refractivity contribution in [1.82, 2.24) is 20.2 Å². The molecule has 1 aromatic heterocycles. The second kappa shape index (κ2) is 13.0. The molecule has 13 heteroatoms. The van der Waals surface area contributed by atoms with Crippen LogP contribution in [0, 0.1) is 5.82 Å². The minimum atomic E-state index is -4.44. The fraction of sp³-hybridized carbons (Fsp3) is 0.429. The number of hydrogen-bond acceptors (Lipinski definition) is 7. The van der Waals surface area contributed by atoms with Crippen molar-refractivity contribution in [1.29, 1.82) is 0 Å². The van der Waals surface area contributed by atoms with Crippen LogP contribution in [0.1, 0.15) is 42.0 Å². The highest BCUT2D eigenvalue weighted by Gasteiger charge is 2.37. The standard InChI is InChI=1S/C28H31ClF4N4O3S/c1-34-10-11-37(2)24-13-19(18-4-3-5-20(12-18)28(31,32)33)6-7-25(24)40-26-15-23(30)27(14-22(26)29)41(38,39)16-21-8-9-35-17-36-21/h3-5,8-9,12,14-15,17,19,24-25,34H,6-7,10-11,13,16H2,1-2H3/t19-,24-,25-/m0/s1. The van der Waals surface area contributed by atoms with Crippen molar-refractivity contribution in [2.75, 3.05) is 27.2 Å². The third kappa shape index (κ3) is 7.73. The van der Waals surface area contributed by atoms with Gasteiger partial charge in [-0.15, -0.1) is 0 Å². The van der Waals surface area contributed by atoms with Crippen LogP contribution in [0.15, 0.2) is 59.9 Å². The molecule has 1 aliphatic carbocycles. The highest BCUT2D eigenvalue weighted by molar-refractivity contribution is 7.90. The topological polar surface area (TPSA) is 84.4 Å². The first-order valence-electron chi connectivity index (χ1n) is 13.0. The Morgan fingerprint density at radius 1 is 1.17 bits per heavy atom. The van der Waals surface area contributed by atoms with E-state index in [2.05, 4.69) is 20.2 Å². The minimum Gasteiger partial charge on any atom is -0.487 e. The molecule has 0 aliphatic heterocycles. The monoisotopic (exact) mass is 614 g/mol. The summed E-state index contributed by atoms with van der Waals surface area (Å²) in [6, 6.07) is 8.59. The van der Waals surface area contributed by atoms with Gasteiger partial charge in [0.05, 0.1) is 22.0 Å². The number of nitrogens with zero attached hydrogens (tertiary/aromatic N) is 3. The van der Waals surface area contributed by atoms with Gasteiger partial charge in [0, 0.05) is 31.4 Å². The van der Waals surface area contributed by atoms with Gasteiger partial charge in [0.15, 0.2) is 9.84 Å². The maximum atomic E-state index is 15.2. The molecule has 0 bridgehead atoms. The number of halogens is 5. The smallest absolute Gasteiger partial charge is 0.416 e. The molecule has 1 N–H and O–H groups in total. The number of rotatable bonds is 10. The van der Waals surface area contributed by atoms with E-state index in [9.17, 15) is 21.6 Å². The molecule has 0 amide bonds. The Morgan fingerprint density at radius 3 is 2.63 bits per heavy atom. The molecule has 1 heterocycles. The molecule has 222 valence electrons. The average molecular weight is 615 g/mol. The quantitative estimate of drug-likeness (QED) is 0.302. The SMILES string of the molecule is CNCCN(C)[C@H]1C[C@@H](c2cccc(C(F)(F)F)c2)CC[C@@H]1Oc1cc(F)c(S(=O)(=O)Cc2ccncn2)cc1Cl. The summed E-state index contributed by atoms with van der Waals surface area (Å²) in [6.07, 6.45) is -0.762. The molecule has 4 rings (SSSR count). The first-order valence-corrected chi connectivity index (χ1v) is 15.1. The molecule has 1 saturated carbocycles. The van der Waals surface area contributed by atoms with E-state index in [0.29, 0.717) is 37.9 Å². The predicted molar refractivity (Wildman–Crippen MR) is 147 cm³/mol. The van der Waals surface area contributed by atoms with Crippen LogP contribution in [-0.2, 0) is 21.8 Å². The second-order valence-corrected chi connectivity index (χ2v) is 12.5. The fourth-order valence-electron chi connectivity index (χ4n) is 5.12. The second-order valence-electron chi connectivity index (χ2n) is 10.1. The van der Waals surface area contributed by atoms with Crippen LogP contribution in [0.3, 0.4) is 0 Å². The molecule has 7 nitrogen and oxygen atoms in total. The van der Waals surface area contributed by atoms with Gasteiger partial charge in [-0.05, 0) is 63.0 Å². The van der Waals surface area contributed by atoms with Crippen LogP contribution in [0.2, 0.25) is 5.02 Å². The van der Waals surface area contributed by atoms with Crippen LogP contribution >= 0.6 is 11.6 Å². The Kier molecular flexibility index (Phi) is 9.89. The largest absolute Gasteiger partial charge is 0.487 e. The third-order valence-corrected chi connectivity index (χ3v) is 9.26. The maximum absolute atomic E-state index is 15.2. The zero-order valence-corrected chi connectivity index (χ0v) is 24.1. The Labute approximate surface area is 241 Å². The van der Waals surface area contributed by atoms with Crippen molar-refractivity contribution in [3.05, 3.63) is 82.6 Å². The summed E-state index contributed by atoms with van der Waals surface area (Å²) in [5.41, 5.74) is 0.124. The molecule has 0 radical (unpaired) electrons. The van der Waals surface area contributed by atoms with Gasteiger partial charge in [-0.1, -0.05) is 29.8 Å². The van der Waals surface area contributed by atoms with Crippen LogP contribution in [0.4, 0.5) is 17.6 Å². The van der Waals surface area contributed by atoms with Gasteiger partial charge in [0.25, 0.3) is 0 Å². The summed E-state index contributed by atoms with van der Waals surface area (Å²) in [5, 5.41) is 3.01. The van der Waals surface area contributed by atoms with Crippen LogP contribution in [0.25, 0.3) is 0 Å². The molecule has 3 atom stereocenters. The average Bonchev–Trinajstić information content (AvgIpc) is 2.93. The van der Waals surface area contributed by atoms with Crippen LogP contribution in [-0.4, -0.2) is 62.6 Å². The van der Waals surface area contributed by atoms with Gasteiger partial charge < -0.3 is 10.1 Å². The third-order valence-electron chi connectivity index (χ3n) is 7.30. The summed E-state index contributed by atoms with van der Waals surface area (Å²) >= 11 is 6.41. The molecule has 1 fully saturated rings. The summed E-state index contributed by atoms with van der Waals surface area (Å²) in [7, 11) is -0.386. The van der Waals surface area contributed by atoms with Crippen molar-refractivity contribution in [2.45, 2.75) is 54.2 Å². The molecular weight excluding hydrogens is 584 g/mol. The first kappa shape index (κ1) is 31.1. The van der Waals surface area contributed by atoms with E-state index in [4.69, 9.17) is 16.3 Å². The summed E-state index contributed by atoms with van der Waals surface area (Å²) in [5.74, 6) is -1.67. The van der Waals surface area contributed by atoms with E-state index in [-0.39, 0.29) is 28.4 Å². The Bertz CT molecular complexity index is 1440. The lowest BCUT2D eigenvalue weighted by molar-refractivity contribution is -0.137. The van der Waals surface area contributed by atoms with Crippen molar-refractivity contribution >= 4 is 21.4 Å². The highest BCUT2D eigenvalue weighted by atomic mass is 35.5. The summed E-state index contributed by atoms with van der Waals surface area (Å²) in [6.45, 7) is 1.31. The van der Waals surface area contributed by atoms with Gasteiger partial charge in [0.2, 0.25) is 0 Å². The number of aromatic nitrogens is 2. The predicted octanol–water partition coefficient (Wildman–Crippen LogP) is 5.50. The molecule has 1 aliphatic rings. The minimum absolute atomic E-state index is 0.000289. The van der Waals surface area contributed by atoms with Gasteiger partial charge >= 0.3 is 6.18 Å². The molecule has 0 spiro atoms. The van der Waals surface area contributed by atoms with Crippen LogP contribution in [0.5, 0.6) is 5.75 Å². The van der Waals surface area contributed by atoms with Crippen molar-refractivity contribution < 1.29 is 30.7 Å². The number of ether oxygens (including phenoxy) is 1. The van der Waals surface area contributed by atoms with E-state index < -0.39 is 44.1 Å². The number of likely N-dealkylation sites (N-methyl/N-ethyl adjacent to an activating group) is 2. The summed E-state index contributed by atoms with van der Waals surface area (Å²) < 4.78 is 87.2. The van der Waals surface area contributed by atoms with Gasteiger partial charge in [-0.3, -0.25) is 4.90 Å². The molecule has 2 aromatic carbocycles. The van der Waals surface area contributed by atoms with Crippen molar-refractivity contribution in [3.63, 3.8) is 0 Å². The normalized spacial score (nSPS) is 19.9. The molecule has 0 unspecified atom stereocenters.